The van der Waals surface area contributed by atoms with Crippen LogP contribution in [0.4, 0.5) is 5.69 Å². The zero-order valence-electron chi connectivity index (χ0n) is 16.1. The zero-order valence-corrected chi connectivity index (χ0v) is 16.9. The average Bonchev–Trinajstić information content (AvgIpc) is 2.72. The summed E-state index contributed by atoms with van der Waals surface area (Å²) >= 11 is 0. The second-order valence-corrected chi connectivity index (χ2v) is 8.84. The summed E-state index contributed by atoms with van der Waals surface area (Å²) < 4.78 is 29.8. The highest BCUT2D eigenvalue weighted by molar-refractivity contribution is 7.91. The summed E-state index contributed by atoms with van der Waals surface area (Å²) in [6.07, 6.45) is 0.651. The van der Waals surface area contributed by atoms with Crippen molar-refractivity contribution in [3.8, 4) is 11.5 Å². The summed E-state index contributed by atoms with van der Waals surface area (Å²) in [5.74, 6) is 0.198. The van der Waals surface area contributed by atoms with E-state index in [1.165, 1.54) is 25.1 Å². The molecule has 3 rings (SSSR count). The van der Waals surface area contributed by atoms with Gasteiger partial charge in [0.2, 0.25) is 5.91 Å². The number of anilines is 1. The monoisotopic (exact) mass is 413 g/mol. The average molecular weight is 413 g/mol. The normalized spacial score (nSPS) is 11.3. The lowest BCUT2D eigenvalue weighted by Crippen LogP contribution is -2.13. The zero-order chi connectivity index (χ0) is 20.9. The highest BCUT2D eigenvalue weighted by atomic mass is 32.2. The number of nitrogens with one attached hydrogen (secondary N) is 1. The van der Waals surface area contributed by atoms with Gasteiger partial charge in [0.1, 0.15) is 11.5 Å². The van der Waals surface area contributed by atoms with E-state index in [-0.39, 0.29) is 34.4 Å². The van der Waals surface area contributed by atoms with Gasteiger partial charge in [-0.05, 0) is 36.1 Å². The van der Waals surface area contributed by atoms with Crippen molar-refractivity contribution in [2.45, 2.75) is 24.7 Å². The molecule has 0 spiro atoms. The molecule has 0 aliphatic heterocycles. The van der Waals surface area contributed by atoms with E-state index in [0.29, 0.717) is 13.0 Å². The molecule has 1 amide bonds. The smallest absolute Gasteiger partial charge is 0.224 e. The van der Waals surface area contributed by atoms with Gasteiger partial charge in [0.15, 0.2) is 9.84 Å². The van der Waals surface area contributed by atoms with E-state index < -0.39 is 9.84 Å². The standard InChI is InChI=1S/C22H23NO5S/c1-2-29(26,27)17-12-13-20(24)19(15-17)23-22(25)11-6-14-28-21-10-5-8-16-7-3-4-9-18(16)21/h3-5,7-10,12-13,15,24H,2,6,11,14H2,1H3,(H,23,25). The fourth-order valence-corrected chi connectivity index (χ4v) is 3.83. The van der Waals surface area contributed by atoms with Crippen molar-refractivity contribution >= 4 is 32.2 Å². The van der Waals surface area contributed by atoms with Crippen molar-refractivity contribution in [1.29, 1.82) is 0 Å². The number of phenols is 1. The van der Waals surface area contributed by atoms with Crippen LogP contribution in [0.15, 0.2) is 65.6 Å². The van der Waals surface area contributed by atoms with Crippen molar-refractivity contribution in [3.63, 3.8) is 0 Å². The van der Waals surface area contributed by atoms with E-state index in [9.17, 15) is 18.3 Å². The van der Waals surface area contributed by atoms with Crippen molar-refractivity contribution in [3.05, 3.63) is 60.7 Å². The molecule has 7 heteroatoms. The third kappa shape index (κ3) is 5.06. The van der Waals surface area contributed by atoms with Crippen molar-refractivity contribution in [1.82, 2.24) is 0 Å². The molecule has 0 saturated carbocycles. The quantitative estimate of drug-likeness (QED) is 0.428. The maximum Gasteiger partial charge on any atom is 0.224 e. The SMILES string of the molecule is CCS(=O)(=O)c1ccc(O)c(NC(=O)CCCOc2cccc3ccccc23)c1. The third-order valence-corrected chi connectivity index (χ3v) is 6.27. The number of carbonyl (C=O) groups excluding carboxylic acids is 1. The van der Waals surface area contributed by atoms with Crippen molar-refractivity contribution in [2.75, 3.05) is 17.7 Å². The number of hydrogen-bond acceptors (Lipinski definition) is 5. The van der Waals surface area contributed by atoms with Gasteiger partial charge in [-0.15, -0.1) is 0 Å². The molecule has 0 unspecified atom stereocenters. The molecule has 3 aromatic rings. The Balaban J connectivity index is 1.56. The number of ether oxygens (including phenoxy) is 1. The lowest BCUT2D eigenvalue weighted by molar-refractivity contribution is -0.116. The number of fused-ring (bicyclic) bond motifs is 1. The van der Waals surface area contributed by atoms with Crippen LogP contribution in [-0.2, 0) is 14.6 Å². The van der Waals surface area contributed by atoms with Crippen LogP contribution in [0, 0.1) is 0 Å². The predicted octanol–water partition coefficient (Wildman–Crippen LogP) is 4.14. The van der Waals surface area contributed by atoms with Crippen molar-refractivity contribution < 1.29 is 23.1 Å². The van der Waals surface area contributed by atoms with Gasteiger partial charge in [-0.1, -0.05) is 43.3 Å². The van der Waals surface area contributed by atoms with Gasteiger partial charge in [0.05, 0.1) is 22.9 Å². The van der Waals surface area contributed by atoms with E-state index in [1.54, 1.807) is 0 Å². The number of phenolic OH excluding ortho intramolecular Hbond substituents is 1. The molecule has 2 N–H and O–H groups in total. The Morgan fingerprint density at radius 3 is 2.62 bits per heavy atom. The summed E-state index contributed by atoms with van der Waals surface area (Å²) in [6.45, 7) is 1.90. The first-order chi connectivity index (χ1) is 13.9. The second kappa shape index (κ2) is 8.96. The van der Waals surface area contributed by atoms with Gasteiger partial charge in [-0.2, -0.15) is 0 Å². The fraction of sp³-hybridized carbons (Fsp3) is 0.227. The summed E-state index contributed by atoms with van der Waals surface area (Å²) in [7, 11) is -3.43. The highest BCUT2D eigenvalue weighted by Gasteiger charge is 2.15. The third-order valence-electron chi connectivity index (χ3n) is 4.54. The van der Waals surface area contributed by atoms with Crippen LogP contribution in [0.1, 0.15) is 19.8 Å². The minimum Gasteiger partial charge on any atom is -0.506 e. The van der Waals surface area contributed by atoms with Crippen LogP contribution < -0.4 is 10.1 Å². The lowest BCUT2D eigenvalue weighted by atomic mass is 10.1. The Kier molecular flexibility index (Phi) is 6.39. The number of benzene rings is 3. The van der Waals surface area contributed by atoms with E-state index in [1.807, 2.05) is 42.5 Å². The van der Waals surface area contributed by atoms with Crippen LogP contribution in [0.3, 0.4) is 0 Å². The maximum atomic E-state index is 12.2. The van der Waals surface area contributed by atoms with Gasteiger partial charge in [0.25, 0.3) is 0 Å². The highest BCUT2D eigenvalue weighted by Crippen LogP contribution is 2.27. The summed E-state index contributed by atoms with van der Waals surface area (Å²) in [4.78, 5) is 12.3. The van der Waals surface area contributed by atoms with Gasteiger partial charge >= 0.3 is 0 Å². The van der Waals surface area contributed by atoms with Crippen LogP contribution in [-0.4, -0.2) is 31.8 Å². The van der Waals surface area contributed by atoms with Gasteiger partial charge in [-0.3, -0.25) is 4.79 Å². The Morgan fingerprint density at radius 2 is 1.83 bits per heavy atom. The van der Waals surface area contributed by atoms with Gasteiger partial charge < -0.3 is 15.2 Å². The second-order valence-electron chi connectivity index (χ2n) is 6.56. The molecule has 0 aliphatic carbocycles. The molecule has 0 aliphatic rings. The molecule has 0 fully saturated rings. The minimum absolute atomic E-state index is 0.0589. The Bertz CT molecular complexity index is 1120. The number of rotatable bonds is 8. The molecular weight excluding hydrogens is 390 g/mol. The predicted molar refractivity (Wildman–Crippen MR) is 113 cm³/mol. The first kappa shape index (κ1) is 20.7. The molecule has 3 aromatic carbocycles. The van der Waals surface area contributed by atoms with Gasteiger partial charge in [-0.25, -0.2) is 8.42 Å². The Hall–Kier alpha value is -3.06. The molecule has 152 valence electrons. The van der Waals surface area contributed by atoms with E-state index in [2.05, 4.69) is 5.32 Å². The molecule has 6 nitrogen and oxygen atoms in total. The molecule has 29 heavy (non-hydrogen) atoms. The van der Waals surface area contributed by atoms with Crippen LogP contribution in [0.2, 0.25) is 0 Å². The minimum atomic E-state index is -3.43. The Labute approximate surface area is 170 Å². The maximum absolute atomic E-state index is 12.2. The summed E-state index contributed by atoms with van der Waals surface area (Å²) in [5.41, 5.74) is 0.0829. The van der Waals surface area contributed by atoms with E-state index in [0.717, 1.165) is 16.5 Å². The molecule has 0 heterocycles. The van der Waals surface area contributed by atoms with Crippen molar-refractivity contribution in [2.24, 2.45) is 0 Å². The molecule has 0 radical (unpaired) electrons. The number of sulfone groups is 1. The molecule has 0 atom stereocenters. The first-order valence-electron chi connectivity index (χ1n) is 9.37. The number of hydrogen-bond donors (Lipinski definition) is 2. The molecule has 0 saturated heterocycles. The number of carbonyl (C=O) groups is 1. The number of aromatic hydroxyl groups is 1. The first-order valence-corrected chi connectivity index (χ1v) is 11.0. The van der Waals surface area contributed by atoms with E-state index in [4.69, 9.17) is 4.74 Å². The van der Waals surface area contributed by atoms with E-state index >= 15 is 0 Å². The Morgan fingerprint density at radius 1 is 1.07 bits per heavy atom. The van der Waals surface area contributed by atoms with Crippen LogP contribution in [0.5, 0.6) is 11.5 Å². The number of amides is 1. The van der Waals surface area contributed by atoms with Crippen LogP contribution in [0.25, 0.3) is 10.8 Å². The largest absolute Gasteiger partial charge is 0.506 e. The van der Waals surface area contributed by atoms with Gasteiger partial charge in [0, 0.05) is 11.8 Å². The fourth-order valence-electron chi connectivity index (χ4n) is 2.92. The molecule has 0 aromatic heterocycles. The molecular formula is C22H23NO5S. The lowest BCUT2D eigenvalue weighted by Gasteiger charge is -2.11. The summed E-state index contributed by atoms with van der Waals surface area (Å²) in [6, 6.07) is 17.6. The molecule has 0 bridgehead atoms. The van der Waals surface area contributed by atoms with Crippen LogP contribution >= 0.6 is 0 Å². The topological polar surface area (TPSA) is 92.7 Å². The summed E-state index contributed by atoms with van der Waals surface area (Å²) in [5, 5.41) is 14.6.